The molecule has 4 rings (SSSR count). The summed E-state index contributed by atoms with van der Waals surface area (Å²) in [6.07, 6.45) is 3.05. The summed E-state index contributed by atoms with van der Waals surface area (Å²) in [6.45, 7) is 4.00. The van der Waals surface area contributed by atoms with E-state index in [4.69, 9.17) is 9.47 Å². The first-order valence-corrected chi connectivity index (χ1v) is 6.96. The molecule has 3 saturated carbocycles. The molecule has 0 radical (unpaired) electrons. The first-order valence-electron chi connectivity index (χ1n) is 6.96. The number of carbonyl (C=O) groups excluding carboxylic acids is 2. The summed E-state index contributed by atoms with van der Waals surface area (Å²) in [5.74, 6) is 0.775. The lowest BCUT2D eigenvalue weighted by Gasteiger charge is -2.43. The summed E-state index contributed by atoms with van der Waals surface area (Å²) in [5.41, 5.74) is 0. The Morgan fingerprint density at radius 3 is 2.94 bits per heavy atom. The van der Waals surface area contributed by atoms with Crippen LogP contribution in [0.15, 0.2) is 0 Å². The molecule has 4 heteroatoms. The monoisotopic (exact) mass is 252 g/mol. The topological polar surface area (TPSA) is 52.6 Å². The summed E-state index contributed by atoms with van der Waals surface area (Å²) in [7, 11) is 0. The predicted molar refractivity (Wildman–Crippen MR) is 63.5 cm³/mol. The van der Waals surface area contributed by atoms with Crippen LogP contribution in [0.1, 0.15) is 39.5 Å². The SMILES string of the molecule is CC(C)CC(=O)OC1C2CCC3C(C2)C(=O)OC31. The molecule has 0 N–H and O–H groups in total. The van der Waals surface area contributed by atoms with Gasteiger partial charge >= 0.3 is 11.9 Å². The largest absolute Gasteiger partial charge is 0.458 e. The molecule has 3 aliphatic carbocycles. The van der Waals surface area contributed by atoms with Crippen molar-refractivity contribution in [2.75, 3.05) is 0 Å². The third-order valence-corrected chi connectivity index (χ3v) is 4.55. The van der Waals surface area contributed by atoms with Crippen molar-refractivity contribution in [1.82, 2.24) is 0 Å². The molecular weight excluding hydrogens is 232 g/mol. The van der Waals surface area contributed by atoms with Gasteiger partial charge in [-0.1, -0.05) is 13.8 Å². The minimum Gasteiger partial charge on any atom is -0.458 e. The normalized spacial score (nSPS) is 41.1. The summed E-state index contributed by atoms with van der Waals surface area (Å²) in [6, 6.07) is 0. The number of rotatable bonds is 3. The second kappa shape index (κ2) is 4.25. The molecule has 0 amide bonds. The van der Waals surface area contributed by atoms with Crippen LogP contribution >= 0.6 is 0 Å². The minimum absolute atomic E-state index is 0.0721. The van der Waals surface area contributed by atoms with Crippen LogP contribution in [0.2, 0.25) is 0 Å². The minimum atomic E-state index is -0.183. The molecule has 0 aromatic heterocycles. The first-order chi connectivity index (χ1) is 8.56. The Hall–Kier alpha value is -1.06. The number of hydrogen-bond donors (Lipinski definition) is 0. The zero-order valence-corrected chi connectivity index (χ0v) is 10.9. The molecule has 0 aromatic carbocycles. The van der Waals surface area contributed by atoms with Crippen molar-refractivity contribution in [3.8, 4) is 0 Å². The van der Waals surface area contributed by atoms with Gasteiger partial charge in [-0.25, -0.2) is 0 Å². The van der Waals surface area contributed by atoms with E-state index < -0.39 is 0 Å². The van der Waals surface area contributed by atoms with Gasteiger partial charge < -0.3 is 9.47 Å². The molecule has 0 aromatic rings. The van der Waals surface area contributed by atoms with Gasteiger partial charge in [-0.2, -0.15) is 0 Å². The summed E-state index contributed by atoms with van der Waals surface area (Å²) >= 11 is 0. The Bertz CT molecular complexity index is 376. The van der Waals surface area contributed by atoms with Gasteiger partial charge in [-0.05, 0) is 25.2 Å². The van der Waals surface area contributed by atoms with Gasteiger partial charge in [0.05, 0.1) is 5.92 Å². The lowest BCUT2D eigenvalue weighted by Crippen LogP contribution is -2.50. The van der Waals surface area contributed by atoms with Crippen molar-refractivity contribution in [2.24, 2.45) is 23.7 Å². The van der Waals surface area contributed by atoms with E-state index in [9.17, 15) is 9.59 Å². The predicted octanol–water partition coefficient (Wildman–Crippen LogP) is 1.92. The number of fused-ring (bicyclic) bond motifs is 1. The Labute approximate surface area is 107 Å². The van der Waals surface area contributed by atoms with Crippen LogP contribution < -0.4 is 0 Å². The van der Waals surface area contributed by atoms with Crippen LogP contribution in [-0.2, 0) is 19.1 Å². The molecule has 4 fully saturated rings. The summed E-state index contributed by atoms with van der Waals surface area (Å²) < 4.78 is 11.0. The van der Waals surface area contributed by atoms with Crippen LogP contribution in [0.25, 0.3) is 0 Å². The number of ether oxygens (including phenoxy) is 2. The molecule has 1 aliphatic heterocycles. The summed E-state index contributed by atoms with van der Waals surface area (Å²) in [5, 5.41) is 0. The smallest absolute Gasteiger partial charge is 0.309 e. The molecular formula is C14H20O4. The molecule has 1 heterocycles. The maximum absolute atomic E-state index is 11.8. The highest BCUT2D eigenvalue weighted by Crippen LogP contribution is 2.52. The Kier molecular flexibility index (Phi) is 2.83. The van der Waals surface area contributed by atoms with Crippen molar-refractivity contribution in [3.05, 3.63) is 0 Å². The molecule has 4 nitrogen and oxygen atoms in total. The average molecular weight is 252 g/mol. The fraction of sp³-hybridized carbons (Fsp3) is 0.857. The van der Waals surface area contributed by atoms with E-state index in [1.807, 2.05) is 13.8 Å². The van der Waals surface area contributed by atoms with Crippen molar-refractivity contribution in [2.45, 2.75) is 51.7 Å². The molecule has 100 valence electrons. The van der Waals surface area contributed by atoms with E-state index in [-0.39, 0.29) is 30.1 Å². The fourth-order valence-electron chi connectivity index (χ4n) is 3.77. The summed E-state index contributed by atoms with van der Waals surface area (Å²) in [4.78, 5) is 23.5. The van der Waals surface area contributed by atoms with Crippen LogP contribution in [0.3, 0.4) is 0 Å². The quantitative estimate of drug-likeness (QED) is 0.720. The number of hydrogen-bond acceptors (Lipinski definition) is 4. The highest BCUT2D eigenvalue weighted by molar-refractivity contribution is 5.76. The molecule has 18 heavy (non-hydrogen) atoms. The fourth-order valence-corrected chi connectivity index (χ4v) is 3.77. The van der Waals surface area contributed by atoms with Crippen LogP contribution in [0, 0.1) is 23.7 Å². The molecule has 5 unspecified atom stereocenters. The third kappa shape index (κ3) is 1.82. The lowest BCUT2D eigenvalue weighted by molar-refractivity contribution is -0.173. The van der Waals surface area contributed by atoms with Gasteiger partial charge in [0.2, 0.25) is 0 Å². The van der Waals surface area contributed by atoms with Crippen LogP contribution in [0.4, 0.5) is 0 Å². The van der Waals surface area contributed by atoms with E-state index in [1.165, 1.54) is 0 Å². The third-order valence-electron chi connectivity index (χ3n) is 4.55. The molecule has 0 spiro atoms. The maximum Gasteiger partial charge on any atom is 0.309 e. The van der Waals surface area contributed by atoms with Gasteiger partial charge in [-0.15, -0.1) is 0 Å². The molecule has 1 saturated heterocycles. The van der Waals surface area contributed by atoms with Crippen molar-refractivity contribution >= 4 is 11.9 Å². The van der Waals surface area contributed by atoms with Crippen LogP contribution in [0.5, 0.6) is 0 Å². The maximum atomic E-state index is 11.8. The van der Waals surface area contributed by atoms with Gasteiger partial charge in [0.15, 0.2) is 0 Å². The van der Waals surface area contributed by atoms with Crippen molar-refractivity contribution in [3.63, 3.8) is 0 Å². The second-order valence-corrected chi connectivity index (χ2v) is 6.30. The van der Waals surface area contributed by atoms with E-state index >= 15 is 0 Å². The second-order valence-electron chi connectivity index (χ2n) is 6.30. The standard InChI is InChI=1S/C14H20O4/c1-7(2)5-11(15)17-12-8-3-4-9-10(6-8)14(16)18-13(9)12/h7-10,12-13H,3-6H2,1-2H3. The van der Waals surface area contributed by atoms with Crippen LogP contribution in [-0.4, -0.2) is 24.1 Å². The van der Waals surface area contributed by atoms with E-state index in [0.717, 1.165) is 19.3 Å². The zero-order chi connectivity index (χ0) is 12.9. The Morgan fingerprint density at radius 1 is 1.44 bits per heavy atom. The zero-order valence-electron chi connectivity index (χ0n) is 10.9. The van der Waals surface area contributed by atoms with Crippen molar-refractivity contribution < 1.29 is 19.1 Å². The first kappa shape index (κ1) is 12.0. The molecule has 5 atom stereocenters. The highest BCUT2D eigenvalue weighted by atomic mass is 16.6. The van der Waals surface area contributed by atoms with E-state index in [1.54, 1.807) is 0 Å². The van der Waals surface area contributed by atoms with Crippen molar-refractivity contribution in [1.29, 1.82) is 0 Å². The molecule has 4 aliphatic rings. The number of esters is 2. The molecule has 4 bridgehead atoms. The Morgan fingerprint density at radius 2 is 2.22 bits per heavy atom. The Balaban J connectivity index is 1.70. The average Bonchev–Trinajstić information content (AvgIpc) is 2.57. The van der Waals surface area contributed by atoms with E-state index in [0.29, 0.717) is 24.2 Å². The van der Waals surface area contributed by atoms with Gasteiger partial charge in [0.25, 0.3) is 0 Å². The number of carbonyl (C=O) groups is 2. The van der Waals surface area contributed by atoms with Gasteiger partial charge in [0, 0.05) is 18.3 Å². The van der Waals surface area contributed by atoms with Gasteiger partial charge in [-0.3, -0.25) is 9.59 Å². The lowest BCUT2D eigenvalue weighted by atomic mass is 9.63. The van der Waals surface area contributed by atoms with E-state index in [2.05, 4.69) is 0 Å². The highest BCUT2D eigenvalue weighted by Gasteiger charge is 2.59. The van der Waals surface area contributed by atoms with Gasteiger partial charge in [0.1, 0.15) is 12.2 Å².